The van der Waals surface area contributed by atoms with Crippen molar-refractivity contribution < 1.29 is 14.3 Å². The summed E-state index contributed by atoms with van der Waals surface area (Å²) in [6, 6.07) is 12.8. The smallest absolute Gasteiger partial charge is 0.316 e. The van der Waals surface area contributed by atoms with Crippen molar-refractivity contribution in [3.8, 4) is 11.4 Å². The third kappa shape index (κ3) is 4.79. The number of thioether (sulfide) groups is 1. The molecule has 2 aromatic carbocycles. The first kappa shape index (κ1) is 20.9. The fourth-order valence-electron chi connectivity index (χ4n) is 2.89. The zero-order chi connectivity index (χ0) is 20.8. The summed E-state index contributed by atoms with van der Waals surface area (Å²) in [6.07, 6.45) is 1.79. The summed E-state index contributed by atoms with van der Waals surface area (Å²) < 4.78 is 12.2. The minimum absolute atomic E-state index is 0.0720. The molecule has 3 aromatic rings. The third-order valence-corrected chi connectivity index (χ3v) is 5.31. The van der Waals surface area contributed by atoms with Crippen molar-refractivity contribution in [3.63, 3.8) is 0 Å². The lowest BCUT2D eigenvalue weighted by Crippen LogP contribution is -2.23. The van der Waals surface area contributed by atoms with E-state index in [1.807, 2.05) is 38.1 Å². The minimum Gasteiger partial charge on any atom is -0.495 e. The normalized spacial score (nSPS) is 10.9. The van der Waals surface area contributed by atoms with E-state index < -0.39 is 0 Å². The van der Waals surface area contributed by atoms with Gasteiger partial charge in [0.15, 0.2) is 5.16 Å². The molecular formula is C22H24N2O4S. The van der Waals surface area contributed by atoms with Gasteiger partial charge in [0.05, 0.1) is 36.1 Å². The van der Waals surface area contributed by atoms with E-state index in [1.165, 1.54) is 16.3 Å². The van der Waals surface area contributed by atoms with Crippen molar-refractivity contribution in [2.45, 2.75) is 31.8 Å². The number of nitrogens with zero attached hydrogens (tertiary/aromatic N) is 2. The van der Waals surface area contributed by atoms with E-state index in [0.29, 0.717) is 34.1 Å². The summed E-state index contributed by atoms with van der Waals surface area (Å²) in [5.41, 5.74) is 1.96. The van der Waals surface area contributed by atoms with Crippen LogP contribution in [0.2, 0.25) is 0 Å². The zero-order valence-electron chi connectivity index (χ0n) is 16.8. The molecule has 0 saturated heterocycles. The molecule has 7 heteroatoms. The van der Waals surface area contributed by atoms with Gasteiger partial charge in [-0.1, -0.05) is 43.3 Å². The van der Waals surface area contributed by atoms with Gasteiger partial charge >= 0.3 is 5.97 Å². The van der Waals surface area contributed by atoms with Gasteiger partial charge in [-0.15, -0.1) is 0 Å². The number of hydrogen-bond acceptors (Lipinski definition) is 6. The number of para-hydroxylation sites is 1. The van der Waals surface area contributed by atoms with Crippen LogP contribution in [0, 0.1) is 6.92 Å². The van der Waals surface area contributed by atoms with Crippen LogP contribution < -0.4 is 10.3 Å². The Hall–Kier alpha value is -2.80. The topological polar surface area (TPSA) is 70.4 Å². The monoisotopic (exact) mass is 412 g/mol. The number of rotatable bonds is 8. The first-order valence-corrected chi connectivity index (χ1v) is 10.5. The van der Waals surface area contributed by atoms with Gasteiger partial charge in [-0.3, -0.25) is 14.2 Å². The van der Waals surface area contributed by atoms with Crippen LogP contribution in [0.4, 0.5) is 0 Å². The highest BCUT2D eigenvalue weighted by Crippen LogP contribution is 2.28. The number of aryl methyl sites for hydroxylation is 1. The summed E-state index contributed by atoms with van der Waals surface area (Å²) >= 11 is 1.18. The molecule has 6 nitrogen and oxygen atoms in total. The third-order valence-electron chi connectivity index (χ3n) is 4.40. The molecule has 0 N–H and O–H groups in total. The van der Waals surface area contributed by atoms with Crippen molar-refractivity contribution in [2.75, 3.05) is 19.5 Å². The first-order valence-electron chi connectivity index (χ1n) is 9.50. The lowest BCUT2D eigenvalue weighted by molar-refractivity contribution is -0.140. The van der Waals surface area contributed by atoms with Gasteiger partial charge in [0.25, 0.3) is 5.56 Å². The zero-order valence-corrected chi connectivity index (χ0v) is 17.6. The molecule has 0 saturated carbocycles. The van der Waals surface area contributed by atoms with Crippen molar-refractivity contribution >= 4 is 28.6 Å². The summed E-state index contributed by atoms with van der Waals surface area (Å²) in [5.74, 6) is 0.304. The first-order chi connectivity index (χ1) is 14.0. The van der Waals surface area contributed by atoms with Gasteiger partial charge in [0.2, 0.25) is 0 Å². The quantitative estimate of drug-likeness (QED) is 0.240. The average molecular weight is 413 g/mol. The van der Waals surface area contributed by atoms with Crippen LogP contribution in [-0.4, -0.2) is 35.0 Å². The Morgan fingerprint density at radius 2 is 2.00 bits per heavy atom. The minimum atomic E-state index is -0.325. The van der Waals surface area contributed by atoms with E-state index >= 15 is 0 Å². The molecule has 1 heterocycles. The molecule has 1 aromatic heterocycles. The van der Waals surface area contributed by atoms with E-state index in [4.69, 9.17) is 9.47 Å². The maximum Gasteiger partial charge on any atom is 0.316 e. The van der Waals surface area contributed by atoms with Crippen LogP contribution in [0.1, 0.15) is 25.3 Å². The summed E-state index contributed by atoms with van der Waals surface area (Å²) in [6.45, 7) is 4.38. The van der Waals surface area contributed by atoms with Crippen molar-refractivity contribution in [1.29, 1.82) is 0 Å². The summed E-state index contributed by atoms with van der Waals surface area (Å²) in [5, 5.41) is 0.927. The Balaban J connectivity index is 2.07. The molecule has 0 radical (unpaired) electrons. The van der Waals surface area contributed by atoms with Gasteiger partial charge in [-0.2, -0.15) is 0 Å². The SMILES string of the molecule is CCCCOC(=O)CSc1nc2ccccc2c(=O)n1-c1cc(C)ccc1OC. The average Bonchev–Trinajstić information content (AvgIpc) is 2.72. The Labute approximate surface area is 173 Å². The van der Waals surface area contributed by atoms with Gasteiger partial charge in [0.1, 0.15) is 5.75 Å². The number of hydrogen-bond donors (Lipinski definition) is 0. The van der Waals surface area contributed by atoms with Gasteiger partial charge in [0, 0.05) is 0 Å². The maximum absolute atomic E-state index is 13.3. The number of carbonyl (C=O) groups is 1. The van der Waals surface area contributed by atoms with Gasteiger partial charge in [-0.25, -0.2) is 4.98 Å². The van der Waals surface area contributed by atoms with E-state index in [-0.39, 0.29) is 17.3 Å². The molecule has 0 unspecified atom stereocenters. The van der Waals surface area contributed by atoms with E-state index in [0.717, 1.165) is 18.4 Å². The molecule has 0 fully saturated rings. The molecule has 29 heavy (non-hydrogen) atoms. The number of benzene rings is 2. The molecule has 0 spiro atoms. The van der Waals surface area contributed by atoms with Crippen molar-refractivity contribution in [2.24, 2.45) is 0 Å². The molecular weight excluding hydrogens is 388 g/mol. The summed E-state index contributed by atoms with van der Waals surface area (Å²) in [4.78, 5) is 30.1. The maximum atomic E-state index is 13.3. The largest absolute Gasteiger partial charge is 0.495 e. The Kier molecular flexibility index (Phi) is 6.93. The Morgan fingerprint density at radius 1 is 1.21 bits per heavy atom. The number of unbranched alkanes of at least 4 members (excludes halogenated alkanes) is 1. The number of methoxy groups -OCH3 is 1. The van der Waals surface area contributed by atoms with Crippen molar-refractivity contribution in [3.05, 3.63) is 58.4 Å². The molecule has 0 aliphatic carbocycles. The lowest BCUT2D eigenvalue weighted by Gasteiger charge is -2.16. The standard InChI is InChI=1S/C22H24N2O4S/c1-4-5-12-28-20(25)14-29-22-23-17-9-7-6-8-16(17)21(26)24(22)18-13-15(2)10-11-19(18)27-3/h6-11,13H,4-5,12,14H2,1-3H3. The van der Waals surface area contributed by atoms with Crippen LogP contribution in [0.15, 0.2) is 52.4 Å². The second kappa shape index (κ2) is 9.60. The second-order valence-corrected chi connectivity index (χ2v) is 7.53. The highest BCUT2D eigenvalue weighted by molar-refractivity contribution is 7.99. The number of aromatic nitrogens is 2. The van der Waals surface area contributed by atoms with E-state index in [2.05, 4.69) is 4.98 Å². The van der Waals surface area contributed by atoms with Crippen LogP contribution in [0.25, 0.3) is 16.6 Å². The Bertz CT molecular complexity index is 1080. The number of esters is 1. The number of fused-ring (bicyclic) bond motifs is 1. The highest BCUT2D eigenvalue weighted by atomic mass is 32.2. The molecule has 152 valence electrons. The van der Waals surface area contributed by atoms with Crippen LogP contribution in [0.3, 0.4) is 0 Å². The van der Waals surface area contributed by atoms with Crippen LogP contribution in [0.5, 0.6) is 5.75 Å². The number of carbonyl (C=O) groups excluding carboxylic acids is 1. The fourth-order valence-corrected chi connectivity index (χ4v) is 3.70. The summed E-state index contributed by atoms with van der Waals surface area (Å²) in [7, 11) is 1.56. The fraction of sp³-hybridized carbons (Fsp3) is 0.318. The van der Waals surface area contributed by atoms with Crippen molar-refractivity contribution in [1.82, 2.24) is 9.55 Å². The van der Waals surface area contributed by atoms with E-state index in [9.17, 15) is 9.59 Å². The predicted molar refractivity (Wildman–Crippen MR) is 115 cm³/mol. The molecule has 3 rings (SSSR count). The molecule has 0 bridgehead atoms. The number of ether oxygens (including phenoxy) is 2. The predicted octanol–water partition coefficient (Wildman–Crippen LogP) is 4.14. The van der Waals surface area contributed by atoms with Gasteiger partial charge < -0.3 is 9.47 Å². The molecule has 0 aliphatic heterocycles. The van der Waals surface area contributed by atoms with Crippen LogP contribution in [-0.2, 0) is 9.53 Å². The lowest BCUT2D eigenvalue weighted by atomic mass is 10.2. The Morgan fingerprint density at radius 3 is 2.76 bits per heavy atom. The molecule has 0 aliphatic rings. The highest BCUT2D eigenvalue weighted by Gasteiger charge is 2.18. The van der Waals surface area contributed by atoms with Gasteiger partial charge in [-0.05, 0) is 43.2 Å². The second-order valence-electron chi connectivity index (χ2n) is 6.59. The van der Waals surface area contributed by atoms with E-state index in [1.54, 1.807) is 25.3 Å². The van der Waals surface area contributed by atoms with Crippen LogP contribution >= 0.6 is 11.8 Å². The molecule has 0 amide bonds. The molecule has 0 atom stereocenters.